The number of hydrogen-bond donors (Lipinski definition) is 2. The Labute approximate surface area is 103 Å². The first-order valence-corrected chi connectivity index (χ1v) is 5.93. The molecule has 0 aliphatic heterocycles. The molecular weight excluding hydrogens is 220 g/mol. The lowest BCUT2D eigenvalue weighted by molar-refractivity contribution is -0.142. The van der Waals surface area contributed by atoms with Crippen molar-refractivity contribution < 1.29 is 14.7 Å². The highest BCUT2D eigenvalue weighted by Crippen LogP contribution is 2.18. The van der Waals surface area contributed by atoms with E-state index in [1.807, 2.05) is 27.7 Å². The zero-order chi connectivity index (χ0) is 13.6. The Morgan fingerprint density at radius 1 is 1.35 bits per heavy atom. The van der Waals surface area contributed by atoms with Gasteiger partial charge in [0, 0.05) is 18.0 Å². The Bertz CT molecular complexity index is 271. The Balaban J connectivity index is 4.68. The van der Waals surface area contributed by atoms with Crippen LogP contribution in [-0.4, -0.2) is 40.5 Å². The van der Waals surface area contributed by atoms with Crippen LogP contribution in [0.1, 0.15) is 40.5 Å². The molecule has 0 fully saturated rings. The second-order valence-corrected chi connectivity index (χ2v) is 5.28. The molecule has 0 aliphatic rings. The molecule has 0 spiro atoms. The molecule has 3 N–H and O–H groups in total. The largest absolute Gasteiger partial charge is 0.481 e. The minimum atomic E-state index is -0.890. The van der Waals surface area contributed by atoms with Crippen LogP contribution in [0.25, 0.3) is 0 Å². The van der Waals surface area contributed by atoms with E-state index >= 15 is 0 Å². The van der Waals surface area contributed by atoms with Crippen LogP contribution in [0.2, 0.25) is 0 Å². The average molecular weight is 244 g/mol. The van der Waals surface area contributed by atoms with Crippen LogP contribution in [0.5, 0.6) is 0 Å². The first-order chi connectivity index (χ1) is 7.70. The first kappa shape index (κ1) is 15.9. The smallest absolute Gasteiger partial charge is 0.305 e. The molecule has 1 amide bonds. The number of rotatable bonds is 6. The lowest BCUT2D eigenvalue weighted by Gasteiger charge is -2.37. The van der Waals surface area contributed by atoms with Crippen molar-refractivity contribution in [2.24, 2.45) is 11.7 Å². The minimum absolute atomic E-state index is 0.0239. The van der Waals surface area contributed by atoms with Gasteiger partial charge < -0.3 is 15.7 Å². The Hall–Kier alpha value is -1.10. The molecule has 0 aromatic carbocycles. The molecule has 0 saturated heterocycles. The third kappa shape index (κ3) is 5.68. The maximum Gasteiger partial charge on any atom is 0.305 e. The van der Waals surface area contributed by atoms with Crippen molar-refractivity contribution in [3.05, 3.63) is 0 Å². The summed E-state index contributed by atoms with van der Waals surface area (Å²) in [5.41, 5.74) is 5.07. The summed E-state index contributed by atoms with van der Waals surface area (Å²) in [4.78, 5) is 24.4. The second-order valence-electron chi connectivity index (χ2n) is 5.28. The molecule has 5 nitrogen and oxygen atoms in total. The van der Waals surface area contributed by atoms with Crippen LogP contribution in [0, 0.1) is 5.92 Å². The summed E-state index contributed by atoms with van der Waals surface area (Å²) in [5, 5.41) is 8.69. The van der Waals surface area contributed by atoms with E-state index in [9.17, 15) is 9.59 Å². The van der Waals surface area contributed by atoms with E-state index in [0.717, 1.165) is 0 Å². The standard InChI is InChI=1S/C12H24N2O3/c1-9(5-7-13)11(17)14(12(2,3)4)8-6-10(15)16/h9H,5-8,13H2,1-4H3,(H,15,16). The topological polar surface area (TPSA) is 83.6 Å². The van der Waals surface area contributed by atoms with Gasteiger partial charge in [0.15, 0.2) is 0 Å². The Morgan fingerprint density at radius 3 is 2.24 bits per heavy atom. The van der Waals surface area contributed by atoms with Gasteiger partial charge in [-0.3, -0.25) is 9.59 Å². The summed E-state index contributed by atoms with van der Waals surface area (Å²) in [6, 6.07) is 0. The molecule has 0 heterocycles. The van der Waals surface area contributed by atoms with E-state index in [2.05, 4.69) is 0 Å². The van der Waals surface area contributed by atoms with Crippen molar-refractivity contribution in [2.75, 3.05) is 13.1 Å². The van der Waals surface area contributed by atoms with E-state index in [-0.39, 0.29) is 30.3 Å². The molecule has 0 rings (SSSR count). The Kier molecular flexibility index (Phi) is 6.16. The molecular formula is C12H24N2O3. The highest BCUT2D eigenvalue weighted by atomic mass is 16.4. The molecule has 0 radical (unpaired) electrons. The van der Waals surface area contributed by atoms with Crippen molar-refractivity contribution >= 4 is 11.9 Å². The van der Waals surface area contributed by atoms with E-state index in [4.69, 9.17) is 10.8 Å². The summed E-state index contributed by atoms with van der Waals surface area (Å²) in [6.45, 7) is 8.25. The molecule has 0 aliphatic carbocycles. The number of aliphatic carboxylic acids is 1. The number of nitrogens with zero attached hydrogens (tertiary/aromatic N) is 1. The molecule has 1 unspecified atom stereocenters. The van der Waals surface area contributed by atoms with Crippen molar-refractivity contribution in [3.63, 3.8) is 0 Å². The van der Waals surface area contributed by atoms with E-state index < -0.39 is 5.97 Å². The molecule has 5 heteroatoms. The van der Waals surface area contributed by atoms with Gasteiger partial charge in [-0.2, -0.15) is 0 Å². The maximum atomic E-state index is 12.2. The van der Waals surface area contributed by atoms with Crippen molar-refractivity contribution in [1.29, 1.82) is 0 Å². The molecule has 0 aromatic heterocycles. The summed E-state index contributed by atoms with van der Waals surface area (Å²) < 4.78 is 0. The van der Waals surface area contributed by atoms with Gasteiger partial charge in [0.05, 0.1) is 6.42 Å². The number of amides is 1. The number of nitrogens with two attached hydrogens (primary N) is 1. The maximum absolute atomic E-state index is 12.2. The predicted molar refractivity (Wildman–Crippen MR) is 66.6 cm³/mol. The fourth-order valence-corrected chi connectivity index (χ4v) is 1.62. The van der Waals surface area contributed by atoms with Crippen LogP contribution in [0.3, 0.4) is 0 Å². The van der Waals surface area contributed by atoms with Gasteiger partial charge in [-0.05, 0) is 33.7 Å². The number of carbonyl (C=O) groups excluding carboxylic acids is 1. The van der Waals surface area contributed by atoms with Crippen LogP contribution < -0.4 is 5.73 Å². The van der Waals surface area contributed by atoms with Gasteiger partial charge >= 0.3 is 5.97 Å². The first-order valence-electron chi connectivity index (χ1n) is 5.93. The van der Waals surface area contributed by atoms with Gasteiger partial charge in [-0.1, -0.05) is 6.92 Å². The van der Waals surface area contributed by atoms with Gasteiger partial charge in [-0.25, -0.2) is 0 Å². The van der Waals surface area contributed by atoms with Crippen LogP contribution >= 0.6 is 0 Å². The zero-order valence-electron chi connectivity index (χ0n) is 11.2. The lowest BCUT2D eigenvalue weighted by atomic mass is 10.00. The monoisotopic (exact) mass is 244 g/mol. The molecule has 0 aromatic rings. The predicted octanol–water partition coefficient (Wildman–Crippen LogP) is 1.07. The second kappa shape index (κ2) is 6.59. The summed E-state index contributed by atoms with van der Waals surface area (Å²) in [7, 11) is 0. The zero-order valence-corrected chi connectivity index (χ0v) is 11.2. The van der Waals surface area contributed by atoms with E-state index in [0.29, 0.717) is 13.0 Å². The highest BCUT2D eigenvalue weighted by Gasteiger charge is 2.29. The van der Waals surface area contributed by atoms with Gasteiger partial charge in [0.25, 0.3) is 0 Å². The van der Waals surface area contributed by atoms with Gasteiger partial charge in [0.2, 0.25) is 5.91 Å². The van der Waals surface area contributed by atoms with Gasteiger partial charge in [0.1, 0.15) is 0 Å². The van der Waals surface area contributed by atoms with Crippen LogP contribution in [0.4, 0.5) is 0 Å². The molecule has 0 saturated carbocycles. The van der Waals surface area contributed by atoms with Crippen molar-refractivity contribution in [1.82, 2.24) is 4.90 Å². The normalized spacial score (nSPS) is 13.2. The highest BCUT2D eigenvalue weighted by molar-refractivity contribution is 5.79. The minimum Gasteiger partial charge on any atom is -0.481 e. The molecule has 17 heavy (non-hydrogen) atoms. The van der Waals surface area contributed by atoms with Crippen LogP contribution in [0.15, 0.2) is 0 Å². The molecule has 0 bridgehead atoms. The quantitative estimate of drug-likeness (QED) is 0.732. The molecule has 100 valence electrons. The average Bonchev–Trinajstić information content (AvgIpc) is 2.15. The lowest BCUT2D eigenvalue weighted by Crippen LogP contribution is -2.49. The third-order valence-corrected chi connectivity index (χ3v) is 2.65. The third-order valence-electron chi connectivity index (χ3n) is 2.65. The summed E-state index contributed by atoms with van der Waals surface area (Å²) in [5.74, 6) is -1.07. The summed E-state index contributed by atoms with van der Waals surface area (Å²) in [6.07, 6.45) is 0.594. The van der Waals surface area contributed by atoms with E-state index in [1.54, 1.807) is 4.90 Å². The molecule has 1 atom stereocenters. The summed E-state index contributed by atoms with van der Waals surface area (Å²) >= 11 is 0. The fourth-order valence-electron chi connectivity index (χ4n) is 1.62. The van der Waals surface area contributed by atoms with Gasteiger partial charge in [-0.15, -0.1) is 0 Å². The van der Waals surface area contributed by atoms with E-state index in [1.165, 1.54) is 0 Å². The number of carboxylic acid groups (broad SMARTS) is 1. The SMILES string of the molecule is CC(CCN)C(=O)N(CCC(=O)O)C(C)(C)C. The van der Waals surface area contributed by atoms with Crippen molar-refractivity contribution in [2.45, 2.75) is 46.1 Å². The van der Waals surface area contributed by atoms with Crippen LogP contribution in [-0.2, 0) is 9.59 Å². The Morgan fingerprint density at radius 2 is 1.88 bits per heavy atom. The fraction of sp³-hybridized carbons (Fsp3) is 0.833. The number of hydrogen-bond acceptors (Lipinski definition) is 3. The number of carboxylic acids is 1. The van der Waals surface area contributed by atoms with Crippen molar-refractivity contribution in [3.8, 4) is 0 Å². The number of carbonyl (C=O) groups is 2.